The van der Waals surface area contributed by atoms with E-state index in [2.05, 4.69) is 21.1 Å². The number of thiocyanates is 1. The number of quaternary nitrogens is 1. The van der Waals surface area contributed by atoms with Crippen LogP contribution in [0.1, 0.15) is 0 Å². The minimum absolute atomic E-state index is 0.463. The molecule has 0 amide bonds. The molecule has 80 valence electrons. The summed E-state index contributed by atoms with van der Waals surface area (Å²) in [7, 11) is 4.60. The Morgan fingerprint density at radius 1 is 1.50 bits per heavy atom. The summed E-state index contributed by atoms with van der Waals surface area (Å²) in [6, 6.07) is 0. The maximum Gasteiger partial charge on any atom is 0.509 e. The molecule has 14 heavy (non-hydrogen) atoms. The lowest BCUT2D eigenvalue weighted by Gasteiger charge is -2.21. The van der Waals surface area contributed by atoms with E-state index in [0.717, 1.165) is 22.8 Å². The van der Waals surface area contributed by atoms with E-state index in [4.69, 9.17) is 9.79 Å². The van der Waals surface area contributed by atoms with Gasteiger partial charge in [-0.05, 0) is 16.3 Å². The van der Waals surface area contributed by atoms with Crippen LogP contribution in [-0.4, -0.2) is 50.7 Å². The number of hydrogen-bond acceptors (Lipinski definition) is 4. The number of nitrogens with zero attached hydrogens (tertiary/aromatic N) is 2. The molecule has 0 bridgehead atoms. The Balaban J connectivity index is 3.42. The summed E-state index contributed by atoms with van der Waals surface area (Å²) in [5.74, 6) is 0.579. The molecule has 6 heteroatoms. The third-order valence-corrected chi connectivity index (χ3v) is 3.34. The van der Waals surface area contributed by atoms with E-state index in [9.17, 15) is 4.57 Å². The van der Waals surface area contributed by atoms with E-state index in [1.54, 1.807) is 0 Å². The second kappa shape index (κ2) is 7.19. The van der Waals surface area contributed by atoms with Crippen molar-refractivity contribution in [2.24, 2.45) is 0 Å². The first-order chi connectivity index (χ1) is 6.45. The molecule has 0 N–H and O–H groups in total. The van der Waals surface area contributed by atoms with Crippen LogP contribution in [0.5, 0.6) is 0 Å². The predicted molar refractivity (Wildman–Crippen MR) is 59.4 cm³/mol. The molecule has 1 unspecified atom stereocenters. The fourth-order valence-electron chi connectivity index (χ4n) is 0.647. The van der Waals surface area contributed by atoms with E-state index < -0.39 is 8.03 Å². The summed E-state index contributed by atoms with van der Waals surface area (Å²) in [4.78, 5) is 0. The molecule has 0 aliphatic heterocycles. The molecular weight excluding hydrogens is 219 g/mol. The molecule has 1 atom stereocenters. The van der Waals surface area contributed by atoms with Crippen LogP contribution in [0.25, 0.3) is 0 Å². The first kappa shape index (κ1) is 13.9. The Hall–Kier alpha value is -0.140. The Morgan fingerprint density at radius 3 is 2.64 bits per heavy atom. The molecule has 0 aromatic rings. The molecule has 0 saturated carbocycles. The average molecular weight is 236 g/mol. The Morgan fingerprint density at radius 2 is 2.14 bits per heavy atom. The molecule has 0 spiro atoms. The fourth-order valence-corrected chi connectivity index (χ4v) is 2.11. The summed E-state index contributed by atoms with van der Waals surface area (Å²) in [6.07, 6.45) is 0.463. The number of hydrogen-bond donors (Lipinski definition) is 0. The molecule has 0 saturated heterocycles. The van der Waals surface area contributed by atoms with Gasteiger partial charge in [-0.1, -0.05) is 0 Å². The average Bonchev–Trinajstić information content (AvgIpc) is 2.02. The Bertz CT molecular complexity index is 222. The Kier molecular flexibility index (Phi) is 7.12. The molecule has 0 rings (SSSR count). The molecule has 0 aromatic carbocycles. The maximum absolute atomic E-state index is 11.2. The zero-order valence-corrected chi connectivity index (χ0v) is 10.6. The van der Waals surface area contributed by atoms with Crippen LogP contribution in [0, 0.1) is 10.7 Å². The third kappa shape index (κ3) is 9.94. The molecular formula is C8H17N2O2PS+2. The summed E-state index contributed by atoms with van der Waals surface area (Å²) in [6.45, 7) is 1.35. The molecule has 0 aliphatic rings. The van der Waals surface area contributed by atoms with E-state index in [0.29, 0.717) is 18.5 Å². The van der Waals surface area contributed by atoms with Gasteiger partial charge in [0.25, 0.3) is 0 Å². The Labute approximate surface area is 90.7 Å². The van der Waals surface area contributed by atoms with Gasteiger partial charge in [0.2, 0.25) is 0 Å². The van der Waals surface area contributed by atoms with Crippen molar-refractivity contribution >= 4 is 19.8 Å². The lowest BCUT2D eigenvalue weighted by molar-refractivity contribution is -0.870. The van der Waals surface area contributed by atoms with Crippen molar-refractivity contribution in [2.75, 3.05) is 46.2 Å². The van der Waals surface area contributed by atoms with Crippen molar-refractivity contribution in [2.45, 2.75) is 0 Å². The quantitative estimate of drug-likeness (QED) is 0.292. The normalized spacial score (nSPS) is 12.3. The highest BCUT2D eigenvalue weighted by atomic mass is 32.2. The lowest BCUT2D eigenvalue weighted by Crippen LogP contribution is -2.37. The van der Waals surface area contributed by atoms with E-state index in [-0.39, 0.29) is 0 Å². The van der Waals surface area contributed by atoms with Gasteiger partial charge in [-0.15, -0.1) is 4.52 Å². The van der Waals surface area contributed by atoms with Crippen molar-refractivity contribution in [3.63, 3.8) is 0 Å². The minimum atomic E-state index is -1.58. The molecule has 4 nitrogen and oxygen atoms in total. The third-order valence-electron chi connectivity index (χ3n) is 1.44. The standard InChI is InChI=1S/C8H17N2O2PS/c1-10(2,3)4-5-12-13(11)6-7-14-8-9/h4-7H2,1-3H3/q+2. The van der Waals surface area contributed by atoms with Crippen molar-refractivity contribution in [3.8, 4) is 5.40 Å². The summed E-state index contributed by atoms with van der Waals surface area (Å²) in [5, 5.41) is 10.2. The van der Waals surface area contributed by atoms with E-state index in [1.165, 1.54) is 0 Å². The summed E-state index contributed by atoms with van der Waals surface area (Å²) < 4.78 is 17.1. The molecule has 0 aromatic heterocycles. The van der Waals surface area contributed by atoms with Gasteiger partial charge in [0.15, 0.2) is 12.8 Å². The highest BCUT2D eigenvalue weighted by Crippen LogP contribution is 2.22. The number of thioether (sulfide) groups is 1. The van der Waals surface area contributed by atoms with Gasteiger partial charge >= 0.3 is 8.03 Å². The van der Waals surface area contributed by atoms with Crippen LogP contribution in [-0.2, 0) is 9.09 Å². The first-order valence-corrected chi connectivity index (χ1v) is 6.69. The first-order valence-electron chi connectivity index (χ1n) is 4.34. The second-order valence-corrected chi connectivity index (χ2v) is 6.09. The van der Waals surface area contributed by atoms with Crippen LogP contribution >= 0.6 is 19.8 Å². The van der Waals surface area contributed by atoms with Crippen LogP contribution < -0.4 is 0 Å². The highest BCUT2D eigenvalue weighted by molar-refractivity contribution is 8.03. The van der Waals surface area contributed by atoms with Gasteiger partial charge in [0.05, 0.1) is 26.9 Å². The fraction of sp³-hybridized carbons (Fsp3) is 0.875. The van der Waals surface area contributed by atoms with Crippen LogP contribution in [0.4, 0.5) is 0 Å². The maximum atomic E-state index is 11.2. The van der Waals surface area contributed by atoms with Gasteiger partial charge in [0.1, 0.15) is 11.9 Å². The van der Waals surface area contributed by atoms with Crippen molar-refractivity contribution in [3.05, 3.63) is 0 Å². The van der Waals surface area contributed by atoms with Gasteiger partial charge in [0, 0.05) is 0 Å². The number of nitriles is 1. The smallest absolute Gasteiger partial charge is 0.329 e. The predicted octanol–water partition coefficient (Wildman–Crippen LogP) is 1.67. The number of rotatable bonds is 7. The van der Waals surface area contributed by atoms with Gasteiger partial charge in [-0.3, -0.25) is 0 Å². The molecule has 0 heterocycles. The zero-order valence-electron chi connectivity index (χ0n) is 8.89. The van der Waals surface area contributed by atoms with Gasteiger partial charge in [-0.25, -0.2) is 0 Å². The van der Waals surface area contributed by atoms with Crippen LogP contribution in [0.3, 0.4) is 0 Å². The highest BCUT2D eigenvalue weighted by Gasteiger charge is 2.18. The molecule has 0 aliphatic carbocycles. The number of likely N-dealkylation sites (N-methyl/N-ethyl adjacent to an activating group) is 1. The van der Waals surface area contributed by atoms with E-state index in [1.807, 2.05) is 5.40 Å². The summed E-state index contributed by atoms with van der Waals surface area (Å²) >= 11 is 1.11. The van der Waals surface area contributed by atoms with Crippen LogP contribution in [0.2, 0.25) is 0 Å². The topological polar surface area (TPSA) is 50.1 Å². The lowest BCUT2D eigenvalue weighted by atomic mass is 10.5. The van der Waals surface area contributed by atoms with Gasteiger partial charge < -0.3 is 4.48 Å². The van der Waals surface area contributed by atoms with E-state index >= 15 is 0 Å². The molecule has 0 radical (unpaired) electrons. The van der Waals surface area contributed by atoms with Crippen LogP contribution in [0.15, 0.2) is 0 Å². The van der Waals surface area contributed by atoms with Gasteiger partial charge in [-0.2, -0.15) is 5.26 Å². The zero-order chi connectivity index (χ0) is 11.0. The SMILES string of the molecule is C[N+](C)(C)CCO[P+](=O)CCSC#N. The van der Waals surface area contributed by atoms with Crippen molar-refractivity contribution < 1.29 is 13.6 Å². The van der Waals surface area contributed by atoms with Crippen molar-refractivity contribution in [1.82, 2.24) is 0 Å². The monoisotopic (exact) mass is 236 g/mol. The second-order valence-electron chi connectivity index (χ2n) is 3.84. The summed E-state index contributed by atoms with van der Waals surface area (Å²) in [5.41, 5.74) is 0. The minimum Gasteiger partial charge on any atom is -0.329 e. The molecule has 0 fully saturated rings. The van der Waals surface area contributed by atoms with Crippen molar-refractivity contribution in [1.29, 1.82) is 5.26 Å². The largest absolute Gasteiger partial charge is 0.509 e.